The van der Waals surface area contributed by atoms with Gasteiger partial charge in [0.15, 0.2) is 16.9 Å². The normalized spacial score (nSPS) is 14.8. The molecule has 0 spiro atoms. The van der Waals surface area contributed by atoms with Crippen LogP contribution in [-0.4, -0.2) is 24.0 Å². The molecule has 4 aromatic rings. The first-order chi connectivity index (χ1) is 17.8. The summed E-state index contributed by atoms with van der Waals surface area (Å²) in [5, 5.41) is 1.01. The molecule has 5 rings (SSSR count). The average Bonchev–Trinajstić information content (AvgIpc) is 3.14. The summed E-state index contributed by atoms with van der Waals surface area (Å²) >= 11 is 6.47. The van der Waals surface area contributed by atoms with Crippen LogP contribution >= 0.6 is 11.6 Å². The maximum absolute atomic E-state index is 14.0. The predicted octanol–water partition coefficient (Wildman–Crippen LogP) is 6.61. The van der Waals surface area contributed by atoms with E-state index in [2.05, 4.69) is 0 Å². The van der Waals surface area contributed by atoms with Crippen molar-refractivity contribution in [1.29, 1.82) is 0 Å². The zero-order valence-electron chi connectivity index (χ0n) is 21.3. The van der Waals surface area contributed by atoms with Crippen molar-refractivity contribution in [2.45, 2.75) is 40.3 Å². The monoisotopic (exact) mass is 517 g/mol. The first-order valence-corrected chi connectivity index (χ1v) is 12.7. The lowest BCUT2D eigenvalue weighted by Crippen LogP contribution is -2.29. The van der Waals surface area contributed by atoms with Crippen LogP contribution < -0.4 is 14.9 Å². The van der Waals surface area contributed by atoms with E-state index in [1.807, 2.05) is 76.2 Å². The largest absolute Gasteiger partial charge is 0.490 e. The highest BCUT2D eigenvalue weighted by Gasteiger charge is 2.43. The molecule has 1 atom stereocenters. The Kier molecular flexibility index (Phi) is 6.69. The van der Waals surface area contributed by atoms with E-state index in [4.69, 9.17) is 25.5 Å². The minimum absolute atomic E-state index is 0.0633. The molecule has 6 nitrogen and oxygen atoms in total. The van der Waals surface area contributed by atoms with Gasteiger partial charge < -0.3 is 18.8 Å². The minimum atomic E-state index is -0.685. The number of fused-ring (bicyclic) bond motifs is 2. The number of carbonyl (C=O) groups is 1. The van der Waals surface area contributed by atoms with Gasteiger partial charge in [-0.05, 0) is 74.2 Å². The van der Waals surface area contributed by atoms with Crippen LogP contribution in [0.25, 0.3) is 11.0 Å². The molecule has 1 aliphatic heterocycles. The summed E-state index contributed by atoms with van der Waals surface area (Å²) in [5.41, 5.74) is 3.80. The van der Waals surface area contributed by atoms with E-state index < -0.39 is 6.04 Å². The summed E-state index contributed by atoms with van der Waals surface area (Å²) in [6.45, 7) is 8.75. The number of hydrogen-bond acceptors (Lipinski definition) is 5. The molecule has 0 aliphatic carbocycles. The van der Waals surface area contributed by atoms with Crippen LogP contribution in [0.4, 0.5) is 0 Å². The predicted molar refractivity (Wildman–Crippen MR) is 144 cm³/mol. The van der Waals surface area contributed by atoms with Crippen molar-refractivity contribution in [1.82, 2.24) is 4.90 Å². The molecule has 1 amide bonds. The van der Waals surface area contributed by atoms with Gasteiger partial charge in [0.25, 0.3) is 5.91 Å². The third kappa shape index (κ3) is 4.36. The number of ether oxygens (including phenoxy) is 2. The molecule has 0 saturated carbocycles. The quantitative estimate of drug-likeness (QED) is 0.276. The average molecular weight is 518 g/mol. The summed E-state index contributed by atoms with van der Waals surface area (Å²) in [4.78, 5) is 29.5. The standard InChI is InChI=1S/C30H28ClNO5/c1-5-35-23-12-11-19(15-24(23)36-6-2)26-25-27(33)21-14-17(3)13-18(4)28(21)37-29(25)30(34)32(26)16-20-9-7-8-10-22(20)31/h7-15,26H,5-6,16H2,1-4H3. The Labute approximate surface area is 220 Å². The third-order valence-electron chi connectivity index (χ3n) is 6.58. The van der Waals surface area contributed by atoms with Crippen molar-refractivity contribution < 1.29 is 18.7 Å². The molecule has 7 heteroatoms. The number of halogens is 1. The molecule has 0 N–H and O–H groups in total. The molecule has 0 radical (unpaired) electrons. The molecule has 1 aromatic heterocycles. The highest BCUT2D eigenvalue weighted by Crippen LogP contribution is 2.42. The first kappa shape index (κ1) is 24.9. The molecule has 2 heterocycles. The molecule has 0 fully saturated rings. The summed E-state index contributed by atoms with van der Waals surface area (Å²) in [6, 6.07) is 16.0. The zero-order valence-corrected chi connectivity index (χ0v) is 22.0. The lowest BCUT2D eigenvalue weighted by atomic mass is 9.96. The van der Waals surface area contributed by atoms with E-state index in [1.165, 1.54) is 0 Å². The maximum atomic E-state index is 14.0. The fourth-order valence-electron chi connectivity index (χ4n) is 5.03. The van der Waals surface area contributed by atoms with Crippen molar-refractivity contribution in [2.75, 3.05) is 13.2 Å². The fourth-order valence-corrected chi connectivity index (χ4v) is 5.23. The van der Waals surface area contributed by atoms with Crippen molar-refractivity contribution in [3.63, 3.8) is 0 Å². The lowest BCUT2D eigenvalue weighted by molar-refractivity contribution is 0.0714. The van der Waals surface area contributed by atoms with Gasteiger partial charge in [-0.25, -0.2) is 0 Å². The third-order valence-corrected chi connectivity index (χ3v) is 6.95. The number of carbonyl (C=O) groups excluding carboxylic acids is 1. The van der Waals surface area contributed by atoms with E-state index in [0.29, 0.717) is 46.3 Å². The van der Waals surface area contributed by atoms with Crippen LogP contribution in [0.2, 0.25) is 5.02 Å². The van der Waals surface area contributed by atoms with E-state index in [9.17, 15) is 9.59 Å². The minimum Gasteiger partial charge on any atom is -0.490 e. The Bertz CT molecular complexity index is 1570. The van der Waals surface area contributed by atoms with Gasteiger partial charge >= 0.3 is 0 Å². The fraction of sp³-hybridized carbons (Fsp3) is 0.267. The summed E-state index contributed by atoms with van der Waals surface area (Å²) in [6.07, 6.45) is 0. The molecule has 1 aliphatic rings. The molecule has 1 unspecified atom stereocenters. The number of nitrogens with zero attached hydrogens (tertiary/aromatic N) is 1. The second-order valence-corrected chi connectivity index (χ2v) is 9.54. The number of hydrogen-bond donors (Lipinski definition) is 0. The molecule has 190 valence electrons. The van der Waals surface area contributed by atoms with Crippen LogP contribution in [0.5, 0.6) is 11.5 Å². The number of aryl methyl sites for hydroxylation is 2. The SMILES string of the molecule is CCOc1ccc(C2c3c(oc4c(C)cc(C)cc4c3=O)C(=O)N2Cc2ccccc2Cl)cc1OCC. The summed E-state index contributed by atoms with van der Waals surface area (Å²) in [7, 11) is 0. The van der Waals surface area contributed by atoms with Crippen LogP contribution in [0.1, 0.15) is 58.3 Å². The van der Waals surface area contributed by atoms with Gasteiger partial charge in [0, 0.05) is 11.6 Å². The van der Waals surface area contributed by atoms with E-state index in [1.54, 1.807) is 11.0 Å². The van der Waals surface area contributed by atoms with E-state index in [-0.39, 0.29) is 23.6 Å². The van der Waals surface area contributed by atoms with Crippen molar-refractivity contribution in [3.05, 3.63) is 103 Å². The highest BCUT2D eigenvalue weighted by atomic mass is 35.5. The van der Waals surface area contributed by atoms with Crippen LogP contribution in [0, 0.1) is 13.8 Å². The van der Waals surface area contributed by atoms with Gasteiger partial charge in [-0.3, -0.25) is 9.59 Å². The molecular formula is C30H28ClNO5. The first-order valence-electron chi connectivity index (χ1n) is 12.4. The lowest BCUT2D eigenvalue weighted by Gasteiger charge is -2.26. The van der Waals surface area contributed by atoms with Gasteiger partial charge in [-0.1, -0.05) is 41.9 Å². The topological polar surface area (TPSA) is 69.0 Å². The van der Waals surface area contributed by atoms with Crippen molar-refractivity contribution in [3.8, 4) is 11.5 Å². The number of benzene rings is 3. The van der Waals surface area contributed by atoms with E-state index >= 15 is 0 Å². The van der Waals surface area contributed by atoms with Gasteiger partial charge in [0.1, 0.15) is 5.58 Å². The molecule has 37 heavy (non-hydrogen) atoms. The van der Waals surface area contributed by atoms with Crippen LogP contribution in [0.3, 0.4) is 0 Å². The van der Waals surface area contributed by atoms with Gasteiger partial charge in [0.2, 0.25) is 5.76 Å². The Morgan fingerprint density at radius 3 is 2.41 bits per heavy atom. The second-order valence-electron chi connectivity index (χ2n) is 9.13. The molecule has 3 aromatic carbocycles. The summed E-state index contributed by atoms with van der Waals surface area (Å²) < 4.78 is 17.8. The van der Waals surface area contributed by atoms with E-state index in [0.717, 1.165) is 22.3 Å². The van der Waals surface area contributed by atoms with Gasteiger partial charge in [-0.2, -0.15) is 0 Å². The second kappa shape index (κ2) is 9.94. The number of amides is 1. The van der Waals surface area contributed by atoms with Crippen LogP contribution in [0.15, 0.2) is 63.8 Å². The highest BCUT2D eigenvalue weighted by molar-refractivity contribution is 6.31. The van der Waals surface area contributed by atoms with Crippen molar-refractivity contribution >= 4 is 28.5 Å². The van der Waals surface area contributed by atoms with Crippen LogP contribution in [-0.2, 0) is 6.54 Å². The molecule has 0 bridgehead atoms. The Morgan fingerprint density at radius 1 is 0.946 bits per heavy atom. The van der Waals surface area contributed by atoms with Gasteiger partial charge in [-0.15, -0.1) is 0 Å². The molecular weight excluding hydrogens is 490 g/mol. The summed E-state index contributed by atoms with van der Waals surface area (Å²) in [5.74, 6) is 0.864. The van der Waals surface area contributed by atoms with Crippen molar-refractivity contribution in [2.24, 2.45) is 0 Å². The smallest absolute Gasteiger partial charge is 0.291 e. The molecule has 0 saturated heterocycles. The number of rotatable bonds is 7. The van der Waals surface area contributed by atoms with Gasteiger partial charge in [0.05, 0.1) is 30.2 Å². The Hall–Kier alpha value is -3.77. The maximum Gasteiger partial charge on any atom is 0.291 e. The Morgan fingerprint density at radius 2 is 1.68 bits per heavy atom. The Balaban J connectivity index is 1.75. The zero-order chi connectivity index (χ0) is 26.3.